The predicted octanol–water partition coefficient (Wildman–Crippen LogP) is 2.28. The number of phenols is 1. The fourth-order valence-corrected chi connectivity index (χ4v) is 2.53. The molecule has 1 aromatic rings. The van der Waals surface area contributed by atoms with Gasteiger partial charge in [-0.25, -0.2) is 0 Å². The van der Waals surface area contributed by atoms with Gasteiger partial charge in [0.1, 0.15) is 4.32 Å². The van der Waals surface area contributed by atoms with Crippen molar-refractivity contribution >= 4 is 40.3 Å². The largest absolute Gasteiger partial charge is 0.504 e. The maximum Gasteiger partial charge on any atom is 0.263 e. The number of hydrogen-bond donors (Lipinski definition) is 2. The van der Waals surface area contributed by atoms with Crippen LogP contribution in [-0.2, 0) is 4.79 Å². The van der Waals surface area contributed by atoms with Gasteiger partial charge < -0.3 is 15.2 Å². The molecule has 4 nitrogen and oxygen atoms in total. The fraction of sp³-hybridized carbons (Fsp3) is 0.167. The highest BCUT2D eigenvalue weighted by molar-refractivity contribution is 8.26. The van der Waals surface area contributed by atoms with Crippen molar-refractivity contribution in [1.82, 2.24) is 5.32 Å². The molecule has 1 aliphatic heterocycles. The molecule has 1 aromatic carbocycles. The Hall–Kier alpha value is -1.53. The number of thioether (sulfide) groups is 1. The Morgan fingerprint density at radius 3 is 2.94 bits per heavy atom. The van der Waals surface area contributed by atoms with Crippen LogP contribution in [0.4, 0.5) is 0 Å². The van der Waals surface area contributed by atoms with E-state index in [9.17, 15) is 9.90 Å². The van der Waals surface area contributed by atoms with E-state index in [1.807, 2.05) is 6.92 Å². The highest BCUT2D eigenvalue weighted by Crippen LogP contribution is 2.34. The van der Waals surface area contributed by atoms with Crippen molar-refractivity contribution in [3.05, 3.63) is 28.7 Å². The molecule has 0 radical (unpaired) electrons. The van der Waals surface area contributed by atoms with Gasteiger partial charge in [0.2, 0.25) is 0 Å². The lowest BCUT2D eigenvalue weighted by atomic mass is 10.1. The molecule has 0 saturated carbocycles. The van der Waals surface area contributed by atoms with Crippen molar-refractivity contribution in [2.75, 3.05) is 6.61 Å². The van der Waals surface area contributed by atoms with Crippen molar-refractivity contribution < 1.29 is 14.6 Å². The van der Waals surface area contributed by atoms with Gasteiger partial charge >= 0.3 is 0 Å². The summed E-state index contributed by atoms with van der Waals surface area (Å²) in [5.41, 5.74) is 0.531. The van der Waals surface area contributed by atoms with Gasteiger partial charge in [0, 0.05) is 5.56 Å². The fourth-order valence-electron chi connectivity index (χ4n) is 1.49. The SMILES string of the molecule is CCOc1cccc(C=C2SC(=S)NC2=O)c1O. The van der Waals surface area contributed by atoms with Crippen LogP contribution in [0.3, 0.4) is 0 Å². The van der Waals surface area contributed by atoms with E-state index < -0.39 is 0 Å². The van der Waals surface area contributed by atoms with Gasteiger partial charge in [-0.1, -0.05) is 36.1 Å². The molecule has 6 heteroatoms. The van der Waals surface area contributed by atoms with E-state index >= 15 is 0 Å². The van der Waals surface area contributed by atoms with Crippen molar-refractivity contribution in [3.63, 3.8) is 0 Å². The summed E-state index contributed by atoms with van der Waals surface area (Å²) in [7, 11) is 0. The lowest BCUT2D eigenvalue weighted by Gasteiger charge is -2.07. The minimum atomic E-state index is -0.244. The van der Waals surface area contributed by atoms with Gasteiger partial charge in [-0.15, -0.1) is 0 Å². The Morgan fingerprint density at radius 1 is 1.56 bits per heavy atom. The number of rotatable bonds is 3. The molecule has 2 N–H and O–H groups in total. The maximum absolute atomic E-state index is 11.5. The summed E-state index contributed by atoms with van der Waals surface area (Å²) >= 11 is 6.07. The highest BCUT2D eigenvalue weighted by Gasteiger charge is 2.22. The molecule has 1 fully saturated rings. The Bertz CT molecular complexity index is 540. The number of carbonyl (C=O) groups excluding carboxylic acids is 1. The second kappa shape index (κ2) is 5.41. The van der Waals surface area contributed by atoms with E-state index in [4.69, 9.17) is 17.0 Å². The summed E-state index contributed by atoms with van der Waals surface area (Å²) in [6.07, 6.45) is 1.59. The van der Waals surface area contributed by atoms with Crippen LogP contribution >= 0.6 is 24.0 Å². The molecule has 1 aliphatic rings. The average molecular weight is 281 g/mol. The van der Waals surface area contributed by atoms with Crippen LogP contribution in [0.25, 0.3) is 6.08 Å². The molecule has 0 spiro atoms. The van der Waals surface area contributed by atoms with Crippen LogP contribution in [0, 0.1) is 0 Å². The highest BCUT2D eigenvalue weighted by atomic mass is 32.2. The van der Waals surface area contributed by atoms with E-state index in [2.05, 4.69) is 5.32 Å². The topological polar surface area (TPSA) is 58.6 Å². The summed E-state index contributed by atoms with van der Waals surface area (Å²) in [6.45, 7) is 2.30. The molecule has 0 aliphatic carbocycles. The van der Waals surface area contributed by atoms with E-state index in [1.54, 1.807) is 24.3 Å². The molecule has 1 amide bonds. The Kier molecular flexibility index (Phi) is 3.88. The lowest BCUT2D eigenvalue weighted by Crippen LogP contribution is -2.17. The first-order valence-electron chi connectivity index (χ1n) is 5.31. The first kappa shape index (κ1) is 12.9. The van der Waals surface area contributed by atoms with Crippen molar-refractivity contribution in [2.24, 2.45) is 0 Å². The van der Waals surface area contributed by atoms with Gasteiger partial charge in [-0.05, 0) is 19.1 Å². The second-order valence-corrected chi connectivity index (χ2v) is 5.20. The number of thiocarbonyl (C=S) groups is 1. The molecular weight excluding hydrogens is 270 g/mol. The minimum absolute atomic E-state index is 0.0260. The normalized spacial score (nSPS) is 17.1. The van der Waals surface area contributed by atoms with Gasteiger partial charge in [-0.2, -0.15) is 0 Å². The lowest BCUT2D eigenvalue weighted by molar-refractivity contribution is -0.115. The average Bonchev–Trinajstić information content (AvgIpc) is 2.63. The van der Waals surface area contributed by atoms with Crippen molar-refractivity contribution in [1.29, 1.82) is 0 Å². The van der Waals surface area contributed by atoms with E-state index in [0.717, 1.165) is 0 Å². The summed E-state index contributed by atoms with van der Waals surface area (Å²) in [5, 5.41) is 12.5. The molecule has 1 saturated heterocycles. The summed E-state index contributed by atoms with van der Waals surface area (Å²) in [4.78, 5) is 12.0. The molecule has 18 heavy (non-hydrogen) atoms. The number of amides is 1. The molecule has 0 aromatic heterocycles. The van der Waals surface area contributed by atoms with Crippen LogP contribution in [0.2, 0.25) is 0 Å². The number of ether oxygens (including phenoxy) is 1. The Morgan fingerprint density at radius 2 is 2.33 bits per heavy atom. The second-order valence-electron chi connectivity index (χ2n) is 3.48. The third kappa shape index (κ3) is 2.65. The zero-order valence-electron chi connectivity index (χ0n) is 9.60. The summed E-state index contributed by atoms with van der Waals surface area (Å²) in [5.74, 6) is 0.183. The minimum Gasteiger partial charge on any atom is -0.504 e. The first-order chi connectivity index (χ1) is 8.61. The first-order valence-corrected chi connectivity index (χ1v) is 6.54. The molecule has 0 unspecified atom stereocenters. The molecular formula is C12H11NO3S2. The number of para-hydroxylation sites is 1. The number of phenolic OH excluding ortho intramolecular Hbond substituents is 1. The van der Waals surface area contributed by atoms with Gasteiger partial charge in [0.15, 0.2) is 11.5 Å². The van der Waals surface area contributed by atoms with Crippen LogP contribution in [-0.4, -0.2) is 21.9 Å². The number of nitrogens with one attached hydrogen (secondary N) is 1. The molecule has 94 valence electrons. The van der Waals surface area contributed by atoms with E-state index in [0.29, 0.717) is 27.1 Å². The third-order valence-electron chi connectivity index (χ3n) is 2.26. The number of benzene rings is 1. The number of carbonyl (C=O) groups is 1. The molecule has 0 bridgehead atoms. The van der Waals surface area contributed by atoms with Crippen LogP contribution in [0.15, 0.2) is 23.1 Å². The van der Waals surface area contributed by atoms with Gasteiger partial charge in [-0.3, -0.25) is 4.79 Å². The third-order valence-corrected chi connectivity index (χ3v) is 3.42. The van der Waals surface area contributed by atoms with Crippen molar-refractivity contribution in [2.45, 2.75) is 6.92 Å². The number of hydrogen-bond acceptors (Lipinski definition) is 5. The quantitative estimate of drug-likeness (QED) is 0.657. The van der Waals surface area contributed by atoms with E-state index in [-0.39, 0.29) is 11.7 Å². The van der Waals surface area contributed by atoms with Crippen molar-refractivity contribution in [3.8, 4) is 11.5 Å². The molecule has 2 rings (SSSR count). The summed E-state index contributed by atoms with van der Waals surface area (Å²) < 4.78 is 5.70. The van der Waals surface area contributed by atoms with Gasteiger partial charge in [0.05, 0.1) is 11.5 Å². The van der Waals surface area contributed by atoms with E-state index in [1.165, 1.54) is 11.8 Å². The monoisotopic (exact) mass is 281 g/mol. The smallest absolute Gasteiger partial charge is 0.263 e. The maximum atomic E-state index is 11.5. The van der Waals surface area contributed by atoms with Crippen LogP contribution in [0.5, 0.6) is 11.5 Å². The number of aromatic hydroxyl groups is 1. The standard InChI is InChI=1S/C12H11NO3S2/c1-2-16-8-5-3-4-7(10(8)14)6-9-11(15)13-12(17)18-9/h3-6,14H,2H2,1H3,(H,13,15,17). The molecule has 1 heterocycles. The summed E-state index contributed by atoms with van der Waals surface area (Å²) in [6, 6.07) is 5.14. The molecule has 0 atom stereocenters. The van der Waals surface area contributed by atoms with Gasteiger partial charge in [0.25, 0.3) is 5.91 Å². The van der Waals surface area contributed by atoms with Crippen LogP contribution < -0.4 is 10.1 Å². The Labute approximate surface area is 114 Å². The zero-order valence-corrected chi connectivity index (χ0v) is 11.2. The zero-order chi connectivity index (χ0) is 13.1. The predicted molar refractivity (Wildman–Crippen MR) is 75.6 cm³/mol. The van der Waals surface area contributed by atoms with Crippen LogP contribution in [0.1, 0.15) is 12.5 Å². The Balaban J connectivity index is 2.35.